The summed E-state index contributed by atoms with van der Waals surface area (Å²) in [6.07, 6.45) is 4.76. The van der Waals surface area contributed by atoms with E-state index in [1.165, 1.54) is 17.5 Å². The summed E-state index contributed by atoms with van der Waals surface area (Å²) < 4.78 is 0. The summed E-state index contributed by atoms with van der Waals surface area (Å²) in [5, 5.41) is 0. The Balaban J connectivity index is 3.22. The number of allylic oxidation sites excluding steroid dienone is 2. The molecule has 2 aromatic carbocycles. The second-order valence-corrected chi connectivity index (χ2v) is 13.2. The van der Waals surface area contributed by atoms with Crippen LogP contribution in [0.25, 0.3) is 0 Å². The van der Waals surface area contributed by atoms with Crippen molar-refractivity contribution in [3.8, 4) is 0 Å². The molecular weight excluding hydrogens is 443 g/mol. The molecule has 0 bridgehead atoms. The summed E-state index contributed by atoms with van der Waals surface area (Å²) in [7, 11) is 0. The van der Waals surface area contributed by atoms with Gasteiger partial charge in [0.2, 0.25) is 6.71 Å². The van der Waals surface area contributed by atoms with Gasteiger partial charge in [0.1, 0.15) is 0 Å². The van der Waals surface area contributed by atoms with Gasteiger partial charge in [-0.2, -0.15) is 0 Å². The average molecular weight is 501 g/mol. The first-order chi connectivity index (χ1) is 17.3. The zero-order valence-electron chi connectivity index (χ0n) is 26.8. The molecule has 0 saturated heterocycles. The fourth-order valence-corrected chi connectivity index (χ4v) is 5.95. The molecule has 0 amide bonds. The largest absolute Gasteiger partial charge is 0.238 e. The van der Waals surface area contributed by atoms with E-state index in [9.17, 15) is 0 Å². The molecule has 2 aromatic rings. The van der Waals surface area contributed by atoms with E-state index in [0.717, 1.165) is 6.42 Å². The quantitative estimate of drug-likeness (QED) is 0.269. The normalized spacial score (nSPS) is 12.8. The lowest BCUT2D eigenvalue weighted by Gasteiger charge is -2.33. The van der Waals surface area contributed by atoms with Crippen LogP contribution in [0.4, 0.5) is 0 Å². The first kappa shape index (κ1) is 31.5. The molecule has 1 heteroatoms. The van der Waals surface area contributed by atoms with Gasteiger partial charge in [-0.25, -0.2) is 0 Å². The highest BCUT2D eigenvalue weighted by atomic mass is 14.2. The summed E-state index contributed by atoms with van der Waals surface area (Å²) in [5.41, 5.74) is 13.9. The van der Waals surface area contributed by atoms with Crippen molar-refractivity contribution in [1.82, 2.24) is 0 Å². The van der Waals surface area contributed by atoms with E-state index < -0.39 is 0 Å². The Hall–Kier alpha value is -1.76. The van der Waals surface area contributed by atoms with Gasteiger partial charge in [0.25, 0.3) is 0 Å². The summed E-state index contributed by atoms with van der Waals surface area (Å²) in [4.78, 5) is 0. The third-order valence-corrected chi connectivity index (χ3v) is 8.21. The first-order valence-electron chi connectivity index (χ1n) is 15.3. The third-order valence-electron chi connectivity index (χ3n) is 8.21. The smallest absolute Gasteiger partial charge is 0.0963 e. The van der Waals surface area contributed by atoms with Crippen molar-refractivity contribution >= 4 is 17.6 Å². The van der Waals surface area contributed by atoms with E-state index in [2.05, 4.69) is 127 Å². The molecule has 0 nitrogen and oxygen atoms in total. The van der Waals surface area contributed by atoms with Gasteiger partial charge in [-0.3, -0.25) is 0 Å². The minimum atomic E-state index is 0.303. The van der Waals surface area contributed by atoms with Crippen LogP contribution in [-0.2, 0) is 0 Å². The molecule has 204 valence electrons. The van der Waals surface area contributed by atoms with Gasteiger partial charge in [0, 0.05) is 0 Å². The molecular formula is C36H57B. The molecule has 0 saturated carbocycles. The van der Waals surface area contributed by atoms with E-state index in [-0.39, 0.29) is 0 Å². The Labute approximate surface area is 231 Å². The molecule has 0 fully saturated rings. The zero-order chi connectivity index (χ0) is 28.2. The second-order valence-electron chi connectivity index (χ2n) is 13.2. The standard InChI is InChI=1S/C36H57B/c1-15-17-30(16-2)37(35-31(24(7)8)18-28(22(3)4)19-32(35)25(9)10)36-33(26(11)12)20-29(23(5)6)21-34(36)27(13)14/h16,18-27H,15,17H2,1-14H3/b30-16+. The molecule has 0 spiro atoms. The molecule has 2 rings (SSSR count). The van der Waals surface area contributed by atoms with Crippen LogP contribution in [0.2, 0.25) is 0 Å². The Morgan fingerprint density at radius 2 is 0.865 bits per heavy atom. The van der Waals surface area contributed by atoms with Crippen LogP contribution in [0.15, 0.2) is 35.8 Å². The monoisotopic (exact) mass is 500 g/mol. The Kier molecular flexibility index (Phi) is 11.4. The maximum absolute atomic E-state index is 2.55. The highest BCUT2D eigenvalue weighted by molar-refractivity contribution is 6.92. The number of hydrogen-bond acceptors (Lipinski definition) is 0. The molecule has 0 aliphatic rings. The molecule has 0 radical (unpaired) electrons. The Morgan fingerprint density at radius 1 is 0.568 bits per heavy atom. The maximum atomic E-state index is 2.55. The summed E-state index contributed by atoms with van der Waals surface area (Å²) in [6.45, 7) is 33.5. The molecule has 0 aliphatic carbocycles. The van der Waals surface area contributed by atoms with E-state index >= 15 is 0 Å². The molecule has 37 heavy (non-hydrogen) atoms. The number of benzene rings is 2. The molecule has 0 heterocycles. The number of rotatable bonds is 11. The first-order valence-corrected chi connectivity index (χ1v) is 15.3. The van der Waals surface area contributed by atoms with E-state index in [0.29, 0.717) is 42.2 Å². The van der Waals surface area contributed by atoms with Crippen LogP contribution < -0.4 is 10.9 Å². The van der Waals surface area contributed by atoms with Gasteiger partial charge in [0.15, 0.2) is 0 Å². The molecule has 0 aliphatic heterocycles. The average Bonchev–Trinajstić information content (AvgIpc) is 2.82. The lowest BCUT2D eigenvalue weighted by Crippen LogP contribution is -2.51. The summed E-state index contributed by atoms with van der Waals surface area (Å²) in [6, 6.07) is 10.2. The minimum absolute atomic E-state index is 0.303. The Bertz CT molecular complexity index is 929. The van der Waals surface area contributed by atoms with Crippen LogP contribution in [0.5, 0.6) is 0 Å². The topological polar surface area (TPSA) is 0 Å². The minimum Gasteiger partial charge on any atom is -0.0963 e. The van der Waals surface area contributed by atoms with Crippen LogP contribution >= 0.6 is 0 Å². The maximum Gasteiger partial charge on any atom is 0.238 e. The molecule has 0 N–H and O–H groups in total. The van der Waals surface area contributed by atoms with Crippen molar-refractivity contribution in [2.24, 2.45) is 0 Å². The van der Waals surface area contributed by atoms with E-state index in [1.807, 2.05) is 0 Å². The predicted octanol–water partition coefficient (Wildman–Crippen LogP) is 10.3. The highest BCUT2D eigenvalue weighted by Crippen LogP contribution is 2.32. The predicted molar refractivity (Wildman–Crippen MR) is 171 cm³/mol. The lowest BCUT2D eigenvalue weighted by molar-refractivity contribution is 0.809. The van der Waals surface area contributed by atoms with Gasteiger partial charge in [-0.15, -0.1) is 0 Å². The summed E-state index contributed by atoms with van der Waals surface area (Å²) >= 11 is 0. The van der Waals surface area contributed by atoms with Gasteiger partial charge in [-0.1, -0.05) is 143 Å². The van der Waals surface area contributed by atoms with Crippen molar-refractivity contribution in [2.75, 3.05) is 0 Å². The van der Waals surface area contributed by atoms with Gasteiger partial charge < -0.3 is 0 Å². The van der Waals surface area contributed by atoms with Crippen LogP contribution in [0.3, 0.4) is 0 Å². The SMILES string of the molecule is C/C=C(\CCC)B(c1c(C(C)C)cc(C(C)C)cc1C(C)C)c1c(C(C)C)cc(C(C)C)cc1C(C)C. The summed E-state index contributed by atoms with van der Waals surface area (Å²) in [5.74, 6) is 2.98. The van der Waals surface area contributed by atoms with Crippen LogP contribution in [0, 0.1) is 0 Å². The van der Waals surface area contributed by atoms with Crippen molar-refractivity contribution in [1.29, 1.82) is 0 Å². The molecule has 0 atom stereocenters. The van der Waals surface area contributed by atoms with Crippen molar-refractivity contribution in [2.45, 2.75) is 145 Å². The third kappa shape index (κ3) is 7.01. The van der Waals surface area contributed by atoms with Gasteiger partial charge >= 0.3 is 0 Å². The Morgan fingerprint density at radius 3 is 1.05 bits per heavy atom. The van der Waals surface area contributed by atoms with E-state index in [4.69, 9.17) is 0 Å². The second kappa shape index (κ2) is 13.4. The molecule has 0 aromatic heterocycles. The van der Waals surface area contributed by atoms with Crippen LogP contribution in [0.1, 0.15) is 179 Å². The van der Waals surface area contributed by atoms with Crippen molar-refractivity contribution < 1.29 is 0 Å². The zero-order valence-corrected chi connectivity index (χ0v) is 26.8. The van der Waals surface area contributed by atoms with Gasteiger partial charge in [-0.05, 0) is 82.2 Å². The van der Waals surface area contributed by atoms with Gasteiger partial charge in [0.05, 0.1) is 0 Å². The lowest BCUT2D eigenvalue weighted by atomic mass is 9.31. The van der Waals surface area contributed by atoms with Crippen LogP contribution in [-0.4, -0.2) is 6.71 Å². The van der Waals surface area contributed by atoms with Crippen molar-refractivity contribution in [3.63, 3.8) is 0 Å². The molecule has 0 unspecified atom stereocenters. The fraction of sp³-hybridized carbons (Fsp3) is 0.611. The number of hydrogen-bond donors (Lipinski definition) is 0. The van der Waals surface area contributed by atoms with E-state index in [1.54, 1.807) is 38.7 Å². The fourth-order valence-electron chi connectivity index (χ4n) is 5.95. The highest BCUT2D eigenvalue weighted by Gasteiger charge is 2.34. The van der Waals surface area contributed by atoms with Crippen molar-refractivity contribution in [3.05, 3.63) is 69.2 Å².